The van der Waals surface area contributed by atoms with E-state index in [0.717, 1.165) is 0 Å². The highest BCUT2D eigenvalue weighted by molar-refractivity contribution is 5.92. The smallest absolute Gasteiger partial charge is 0.307 e. The first-order valence-corrected chi connectivity index (χ1v) is 6.45. The van der Waals surface area contributed by atoms with E-state index < -0.39 is 11.5 Å². The molecule has 0 aromatic rings. The van der Waals surface area contributed by atoms with Crippen LogP contribution in [0.15, 0.2) is 0 Å². The maximum absolute atomic E-state index is 12.3. The quantitative estimate of drug-likeness (QED) is 0.768. The first-order chi connectivity index (χ1) is 7.97. The van der Waals surface area contributed by atoms with Crippen LogP contribution in [0, 0.1) is 5.41 Å². The van der Waals surface area contributed by atoms with E-state index in [1.54, 1.807) is 6.92 Å². The SMILES string of the molecule is CCOC(=O)CC(NC(C)(C)C)C(=O)C(C)(C)C. The molecule has 0 aromatic heterocycles. The Morgan fingerprint density at radius 2 is 1.61 bits per heavy atom. The number of esters is 1. The van der Waals surface area contributed by atoms with Gasteiger partial charge in [-0.2, -0.15) is 0 Å². The third-order valence-electron chi connectivity index (χ3n) is 2.34. The van der Waals surface area contributed by atoms with Gasteiger partial charge in [0.15, 0.2) is 5.78 Å². The molecule has 0 heterocycles. The van der Waals surface area contributed by atoms with Crippen molar-refractivity contribution in [2.45, 2.75) is 66.5 Å². The highest BCUT2D eigenvalue weighted by Gasteiger charge is 2.33. The van der Waals surface area contributed by atoms with Gasteiger partial charge in [0.05, 0.1) is 19.1 Å². The van der Waals surface area contributed by atoms with E-state index in [1.807, 2.05) is 41.5 Å². The summed E-state index contributed by atoms with van der Waals surface area (Å²) in [6.45, 7) is 13.6. The zero-order valence-electron chi connectivity index (χ0n) is 12.7. The normalized spacial score (nSPS) is 14.2. The Balaban J connectivity index is 4.84. The summed E-state index contributed by atoms with van der Waals surface area (Å²) in [4.78, 5) is 23.9. The number of Topliss-reactive ketones (excluding diaryl/α,β-unsaturated/α-hetero) is 1. The predicted octanol–water partition coefficient (Wildman–Crippen LogP) is 2.31. The van der Waals surface area contributed by atoms with Crippen LogP contribution >= 0.6 is 0 Å². The Bertz CT molecular complexity index is 297. The summed E-state index contributed by atoms with van der Waals surface area (Å²) in [7, 11) is 0. The van der Waals surface area contributed by atoms with Gasteiger partial charge in [-0.25, -0.2) is 0 Å². The second kappa shape index (κ2) is 6.32. The average molecular weight is 257 g/mol. The molecule has 0 aliphatic heterocycles. The topological polar surface area (TPSA) is 55.4 Å². The summed E-state index contributed by atoms with van der Waals surface area (Å²) in [6, 6.07) is -0.496. The van der Waals surface area contributed by atoms with Crippen LogP contribution in [0.1, 0.15) is 54.9 Å². The molecule has 0 fully saturated rings. The molecule has 1 unspecified atom stereocenters. The Labute approximate surface area is 110 Å². The lowest BCUT2D eigenvalue weighted by Crippen LogP contribution is -2.51. The lowest BCUT2D eigenvalue weighted by Gasteiger charge is -2.31. The molecule has 0 spiro atoms. The van der Waals surface area contributed by atoms with Crippen LogP contribution in [0.4, 0.5) is 0 Å². The van der Waals surface area contributed by atoms with Gasteiger partial charge in [0.2, 0.25) is 0 Å². The van der Waals surface area contributed by atoms with Crippen molar-refractivity contribution in [2.24, 2.45) is 5.41 Å². The van der Waals surface area contributed by atoms with E-state index in [2.05, 4.69) is 5.32 Å². The second-order valence-corrected chi connectivity index (χ2v) is 6.57. The van der Waals surface area contributed by atoms with Gasteiger partial charge >= 0.3 is 5.97 Å². The largest absolute Gasteiger partial charge is 0.466 e. The molecule has 18 heavy (non-hydrogen) atoms. The van der Waals surface area contributed by atoms with Crippen molar-refractivity contribution in [1.29, 1.82) is 0 Å². The maximum atomic E-state index is 12.3. The minimum absolute atomic E-state index is 0.0329. The van der Waals surface area contributed by atoms with E-state index in [4.69, 9.17) is 4.74 Å². The van der Waals surface area contributed by atoms with Crippen LogP contribution in [0.25, 0.3) is 0 Å². The van der Waals surface area contributed by atoms with Gasteiger partial charge in [-0.05, 0) is 27.7 Å². The number of carbonyl (C=O) groups excluding carboxylic acids is 2. The van der Waals surface area contributed by atoms with Crippen LogP contribution in [-0.2, 0) is 14.3 Å². The third-order valence-corrected chi connectivity index (χ3v) is 2.34. The van der Waals surface area contributed by atoms with E-state index in [9.17, 15) is 9.59 Å². The van der Waals surface area contributed by atoms with E-state index in [0.29, 0.717) is 6.61 Å². The molecule has 0 rings (SSSR count). The Hall–Kier alpha value is -0.900. The molecule has 0 aliphatic carbocycles. The number of ketones is 1. The molecule has 106 valence electrons. The van der Waals surface area contributed by atoms with E-state index in [1.165, 1.54) is 0 Å². The second-order valence-electron chi connectivity index (χ2n) is 6.57. The van der Waals surface area contributed by atoms with Crippen LogP contribution < -0.4 is 5.32 Å². The molecule has 4 heteroatoms. The Kier molecular flexibility index (Phi) is 6.00. The number of hydrogen-bond acceptors (Lipinski definition) is 4. The van der Waals surface area contributed by atoms with Crippen molar-refractivity contribution in [1.82, 2.24) is 5.32 Å². The highest BCUT2D eigenvalue weighted by Crippen LogP contribution is 2.20. The molecule has 0 aromatic carbocycles. The van der Waals surface area contributed by atoms with Crippen molar-refractivity contribution in [2.75, 3.05) is 6.61 Å². The summed E-state index contributed by atoms with van der Waals surface area (Å²) in [5.74, 6) is -0.303. The first-order valence-electron chi connectivity index (χ1n) is 6.45. The molecule has 0 radical (unpaired) electrons. The molecular formula is C14H27NO3. The fraction of sp³-hybridized carbons (Fsp3) is 0.857. The monoisotopic (exact) mass is 257 g/mol. The molecule has 0 saturated carbocycles. The van der Waals surface area contributed by atoms with Gasteiger partial charge in [0.1, 0.15) is 0 Å². The third kappa shape index (κ3) is 6.74. The van der Waals surface area contributed by atoms with Crippen LogP contribution in [-0.4, -0.2) is 29.9 Å². The number of rotatable bonds is 5. The zero-order chi connectivity index (χ0) is 14.6. The Morgan fingerprint density at radius 3 is 1.94 bits per heavy atom. The predicted molar refractivity (Wildman–Crippen MR) is 72.4 cm³/mol. The summed E-state index contributed by atoms with van der Waals surface area (Å²) in [5, 5.41) is 3.20. The van der Waals surface area contributed by atoms with Gasteiger partial charge in [0, 0.05) is 11.0 Å². The van der Waals surface area contributed by atoms with Gasteiger partial charge in [-0.15, -0.1) is 0 Å². The molecule has 0 bridgehead atoms. The van der Waals surface area contributed by atoms with E-state index in [-0.39, 0.29) is 23.7 Å². The van der Waals surface area contributed by atoms with Gasteiger partial charge in [-0.1, -0.05) is 20.8 Å². The lowest BCUT2D eigenvalue weighted by atomic mass is 9.84. The summed E-state index contributed by atoms with van der Waals surface area (Å²) >= 11 is 0. The number of carbonyl (C=O) groups is 2. The number of ether oxygens (including phenoxy) is 1. The van der Waals surface area contributed by atoms with Crippen molar-refractivity contribution < 1.29 is 14.3 Å². The fourth-order valence-electron chi connectivity index (χ4n) is 1.64. The van der Waals surface area contributed by atoms with Crippen molar-refractivity contribution >= 4 is 11.8 Å². The van der Waals surface area contributed by atoms with Crippen molar-refractivity contribution in [3.05, 3.63) is 0 Å². The summed E-state index contributed by atoms with van der Waals surface area (Å²) < 4.78 is 4.92. The highest BCUT2D eigenvalue weighted by atomic mass is 16.5. The number of nitrogens with one attached hydrogen (secondary N) is 1. The van der Waals surface area contributed by atoms with Crippen LogP contribution in [0.3, 0.4) is 0 Å². The van der Waals surface area contributed by atoms with Gasteiger partial charge in [-0.3, -0.25) is 9.59 Å². The standard InChI is InChI=1S/C14H27NO3/c1-8-18-11(16)9-10(15-14(5,6)7)12(17)13(2,3)4/h10,15H,8-9H2,1-7H3. The molecule has 0 amide bonds. The maximum Gasteiger partial charge on any atom is 0.307 e. The van der Waals surface area contributed by atoms with Crippen molar-refractivity contribution in [3.8, 4) is 0 Å². The molecule has 4 nitrogen and oxygen atoms in total. The average Bonchev–Trinajstić information content (AvgIpc) is 2.12. The molecular weight excluding hydrogens is 230 g/mol. The van der Waals surface area contributed by atoms with Crippen LogP contribution in [0.2, 0.25) is 0 Å². The summed E-state index contributed by atoms with van der Waals surface area (Å²) in [6.07, 6.45) is 0.0845. The van der Waals surface area contributed by atoms with Crippen molar-refractivity contribution in [3.63, 3.8) is 0 Å². The molecule has 0 aliphatic rings. The molecule has 1 N–H and O–H groups in total. The van der Waals surface area contributed by atoms with Gasteiger partial charge in [0.25, 0.3) is 0 Å². The Morgan fingerprint density at radius 1 is 1.11 bits per heavy atom. The van der Waals surface area contributed by atoms with Gasteiger partial charge < -0.3 is 10.1 Å². The zero-order valence-corrected chi connectivity index (χ0v) is 12.7. The lowest BCUT2D eigenvalue weighted by molar-refractivity contribution is -0.146. The minimum Gasteiger partial charge on any atom is -0.466 e. The summed E-state index contributed by atoms with van der Waals surface area (Å²) in [5.41, 5.74) is -0.701. The molecule has 0 saturated heterocycles. The molecule has 1 atom stereocenters. The van der Waals surface area contributed by atoms with E-state index >= 15 is 0 Å². The van der Waals surface area contributed by atoms with Crippen LogP contribution in [0.5, 0.6) is 0 Å². The first kappa shape index (κ1) is 17.1. The minimum atomic E-state index is -0.496. The number of hydrogen-bond donors (Lipinski definition) is 1. The fourth-order valence-corrected chi connectivity index (χ4v) is 1.64.